The van der Waals surface area contributed by atoms with E-state index in [1.165, 1.54) is 5.56 Å². The Bertz CT molecular complexity index is 911. The van der Waals surface area contributed by atoms with Crippen LogP contribution < -0.4 is 20.1 Å². The Morgan fingerprint density at radius 3 is 2.22 bits per heavy atom. The fraction of sp³-hybridized carbons (Fsp3) is 0.238. The highest BCUT2D eigenvalue weighted by atomic mass is 16.5. The van der Waals surface area contributed by atoms with Gasteiger partial charge < -0.3 is 20.1 Å². The van der Waals surface area contributed by atoms with Gasteiger partial charge in [-0.25, -0.2) is 9.97 Å². The Balaban J connectivity index is 1.72. The predicted octanol–water partition coefficient (Wildman–Crippen LogP) is 4.47. The number of methoxy groups -OCH3 is 2. The summed E-state index contributed by atoms with van der Waals surface area (Å²) in [4.78, 5) is 8.92. The maximum atomic E-state index is 5.35. The highest BCUT2D eigenvalue weighted by Gasteiger charge is 2.06. The second-order valence-corrected chi connectivity index (χ2v) is 6.22. The van der Waals surface area contributed by atoms with Crippen molar-refractivity contribution in [3.63, 3.8) is 0 Å². The standard InChI is InChI=1S/C21H24N4O2/c1-14-5-8-17(9-6-14)25-21-12-20(23-15(2)24-21)22-13-16-7-10-18(26-3)19(11-16)27-4/h5-12H,13H2,1-4H3,(H2,22,23,24,25). The molecule has 0 bridgehead atoms. The third-order valence-electron chi connectivity index (χ3n) is 4.08. The van der Waals surface area contributed by atoms with Crippen LogP contribution in [0, 0.1) is 13.8 Å². The molecular weight excluding hydrogens is 340 g/mol. The zero-order valence-electron chi connectivity index (χ0n) is 16.0. The number of nitrogens with one attached hydrogen (secondary N) is 2. The minimum absolute atomic E-state index is 0.612. The lowest BCUT2D eigenvalue weighted by atomic mass is 10.2. The summed E-state index contributed by atoms with van der Waals surface area (Å²) in [5, 5.41) is 6.65. The summed E-state index contributed by atoms with van der Waals surface area (Å²) in [6, 6.07) is 15.9. The van der Waals surface area contributed by atoms with Crippen LogP contribution in [0.1, 0.15) is 17.0 Å². The molecule has 0 aliphatic rings. The van der Waals surface area contributed by atoms with E-state index in [4.69, 9.17) is 9.47 Å². The number of aromatic nitrogens is 2. The van der Waals surface area contributed by atoms with E-state index in [0.29, 0.717) is 23.9 Å². The number of hydrogen-bond donors (Lipinski definition) is 2. The molecule has 0 unspecified atom stereocenters. The van der Waals surface area contributed by atoms with Crippen molar-refractivity contribution in [1.82, 2.24) is 9.97 Å². The first-order valence-electron chi connectivity index (χ1n) is 8.71. The molecule has 2 aromatic carbocycles. The molecule has 140 valence electrons. The smallest absolute Gasteiger partial charge is 0.161 e. The Hall–Kier alpha value is -3.28. The summed E-state index contributed by atoms with van der Waals surface area (Å²) >= 11 is 0. The number of benzene rings is 2. The van der Waals surface area contributed by atoms with Gasteiger partial charge in [-0.2, -0.15) is 0 Å². The number of hydrogen-bond acceptors (Lipinski definition) is 6. The second-order valence-electron chi connectivity index (χ2n) is 6.22. The molecule has 3 aromatic rings. The Morgan fingerprint density at radius 1 is 0.815 bits per heavy atom. The van der Waals surface area contributed by atoms with Gasteiger partial charge in [0.15, 0.2) is 11.5 Å². The zero-order valence-corrected chi connectivity index (χ0v) is 16.0. The Kier molecular flexibility index (Phi) is 5.76. The van der Waals surface area contributed by atoms with Gasteiger partial charge in [0.25, 0.3) is 0 Å². The highest BCUT2D eigenvalue weighted by molar-refractivity contribution is 5.59. The summed E-state index contributed by atoms with van der Waals surface area (Å²) in [7, 11) is 3.26. The van der Waals surface area contributed by atoms with Crippen LogP contribution >= 0.6 is 0 Å². The van der Waals surface area contributed by atoms with Gasteiger partial charge in [-0.3, -0.25) is 0 Å². The molecule has 0 aliphatic heterocycles. The normalized spacial score (nSPS) is 10.4. The third kappa shape index (κ3) is 4.88. The van der Waals surface area contributed by atoms with Gasteiger partial charge in [0.05, 0.1) is 14.2 Å². The van der Waals surface area contributed by atoms with Crippen molar-refractivity contribution in [1.29, 1.82) is 0 Å². The molecule has 0 saturated heterocycles. The topological polar surface area (TPSA) is 68.3 Å². The maximum absolute atomic E-state index is 5.35. The molecule has 0 spiro atoms. The van der Waals surface area contributed by atoms with Gasteiger partial charge in [0.2, 0.25) is 0 Å². The molecule has 0 fully saturated rings. The van der Waals surface area contributed by atoms with Crippen LogP contribution in [0.4, 0.5) is 17.3 Å². The van der Waals surface area contributed by atoms with Gasteiger partial charge in [0.1, 0.15) is 17.5 Å². The maximum Gasteiger partial charge on any atom is 0.161 e. The molecule has 6 heteroatoms. The molecule has 0 atom stereocenters. The van der Waals surface area contributed by atoms with E-state index >= 15 is 0 Å². The Labute approximate surface area is 159 Å². The van der Waals surface area contributed by atoms with Crippen LogP contribution in [0.25, 0.3) is 0 Å². The fourth-order valence-electron chi connectivity index (χ4n) is 2.69. The second kappa shape index (κ2) is 8.40. The van der Waals surface area contributed by atoms with Crippen molar-refractivity contribution in [3.05, 3.63) is 65.5 Å². The molecule has 27 heavy (non-hydrogen) atoms. The van der Waals surface area contributed by atoms with Crippen LogP contribution in [0.3, 0.4) is 0 Å². The van der Waals surface area contributed by atoms with E-state index in [0.717, 1.165) is 22.9 Å². The lowest BCUT2D eigenvalue weighted by Gasteiger charge is -2.12. The van der Waals surface area contributed by atoms with Crippen molar-refractivity contribution >= 4 is 17.3 Å². The average Bonchev–Trinajstić information content (AvgIpc) is 2.67. The number of rotatable bonds is 7. The predicted molar refractivity (Wildman–Crippen MR) is 108 cm³/mol. The van der Waals surface area contributed by atoms with Gasteiger partial charge >= 0.3 is 0 Å². The number of nitrogens with zero attached hydrogens (tertiary/aromatic N) is 2. The lowest BCUT2D eigenvalue weighted by molar-refractivity contribution is 0.354. The van der Waals surface area contributed by atoms with E-state index in [1.807, 2.05) is 43.3 Å². The molecule has 0 aliphatic carbocycles. The quantitative estimate of drug-likeness (QED) is 0.645. The minimum Gasteiger partial charge on any atom is -0.493 e. The first kappa shape index (κ1) is 18.5. The molecule has 3 rings (SSSR count). The monoisotopic (exact) mass is 364 g/mol. The summed E-state index contributed by atoms with van der Waals surface area (Å²) in [5.41, 5.74) is 3.28. The van der Waals surface area contributed by atoms with Crippen LogP contribution in [0.15, 0.2) is 48.5 Å². The first-order chi connectivity index (χ1) is 13.1. The SMILES string of the molecule is COc1ccc(CNc2cc(Nc3ccc(C)cc3)nc(C)n2)cc1OC. The lowest BCUT2D eigenvalue weighted by Crippen LogP contribution is -2.05. The minimum atomic E-state index is 0.612. The van der Waals surface area contributed by atoms with Crippen molar-refractivity contribution in [3.8, 4) is 11.5 Å². The largest absolute Gasteiger partial charge is 0.493 e. The number of aryl methyl sites for hydroxylation is 2. The van der Waals surface area contributed by atoms with Gasteiger partial charge in [-0.05, 0) is 43.7 Å². The molecule has 6 nitrogen and oxygen atoms in total. The fourth-order valence-corrected chi connectivity index (χ4v) is 2.69. The van der Waals surface area contributed by atoms with E-state index in [-0.39, 0.29) is 0 Å². The van der Waals surface area contributed by atoms with E-state index in [9.17, 15) is 0 Å². The molecule has 0 amide bonds. The van der Waals surface area contributed by atoms with Crippen LogP contribution in [-0.2, 0) is 6.54 Å². The summed E-state index contributed by atoms with van der Waals surface area (Å²) in [6.45, 7) is 4.55. The molecule has 2 N–H and O–H groups in total. The van der Waals surface area contributed by atoms with Crippen molar-refractivity contribution in [2.24, 2.45) is 0 Å². The summed E-state index contributed by atoms with van der Waals surface area (Å²) in [6.07, 6.45) is 0. The van der Waals surface area contributed by atoms with Crippen LogP contribution in [0.2, 0.25) is 0 Å². The van der Waals surface area contributed by atoms with Crippen LogP contribution in [0.5, 0.6) is 11.5 Å². The molecule has 0 saturated carbocycles. The van der Waals surface area contributed by atoms with E-state index in [1.54, 1.807) is 14.2 Å². The molecular formula is C21H24N4O2. The van der Waals surface area contributed by atoms with Crippen molar-refractivity contribution < 1.29 is 9.47 Å². The van der Waals surface area contributed by atoms with Gasteiger partial charge in [0, 0.05) is 18.3 Å². The highest BCUT2D eigenvalue weighted by Crippen LogP contribution is 2.28. The average molecular weight is 364 g/mol. The molecule has 0 radical (unpaired) electrons. The van der Waals surface area contributed by atoms with Gasteiger partial charge in [-0.1, -0.05) is 23.8 Å². The zero-order chi connectivity index (χ0) is 19.2. The first-order valence-corrected chi connectivity index (χ1v) is 8.71. The van der Waals surface area contributed by atoms with E-state index < -0.39 is 0 Å². The summed E-state index contributed by atoms with van der Waals surface area (Å²) < 4.78 is 10.6. The molecule has 1 aromatic heterocycles. The third-order valence-corrected chi connectivity index (χ3v) is 4.08. The van der Waals surface area contributed by atoms with Crippen molar-refractivity contribution in [2.45, 2.75) is 20.4 Å². The van der Waals surface area contributed by atoms with Gasteiger partial charge in [-0.15, -0.1) is 0 Å². The van der Waals surface area contributed by atoms with E-state index in [2.05, 4.69) is 39.7 Å². The molecule has 1 heterocycles. The Morgan fingerprint density at radius 2 is 1.52 bits per heavy atom. The van der Waals surface area contributed by atoms with Crippen molar-refractivity contribution in [2.75, 3.05) is 24.9 Å². The van der Waals surface area contributed by atoms with Crippen LogP contribution in [-0.4, -0.2) is 24.2 Å². The summed E-state index contributed by atoms with van der Waals surface area (Å²) in [5.74, 6) is 3.62. The number of ether oxygens (including phenoxy) is 2. The number of anilines is 3.